The van der Waals surface area contributed by atoms with Crippen LogP contribution in [0.3, 0.4) is 0 Å². The lowest BCUT2D eigenvalue weighted by Crippen LogP contribution is -2.31. The molecule has 0 bridgehead atoms. The SMILES string of the molecule is COc1c(C(=O)N(C)C)cc(Cl)cc1S(=O)(=O)N1CCC(CN)C1. The molecule has 0 aromatic heterocycles. The van der Waals surface area contributed by atoms with Gasteiger partial charge in [-0.05, 0) is 31.0 Å². The second kappa shape index (κ2) is 7.26. The van der Waals surface area contributed by atoms with Crippen molar-refractivity contribution < 1.29 is 17.9 Å². The Morgan fingerprint density at radius 2 is 2.12 bits per heavy atom. The number of methoxy groups -OCH3 is 1. The zero-order valence-corrected chi connectivity index (χ0v) is 15.5. The summed E-state index contributed by atoms with van der Waals surface area (Å²) >= 11 is 6.07. The van der Waals surface area contributed by atoms with Crippen LogP contribution in [0, 0.1) is 5.92 Å². The fourth-order valence-electron chi connectivity index (χ4n) is 2.72. The van der Waals surface area contributed by atoms with E-state index in [4.69, 9.17) is 22.1 Å². The van der Waals surface area contributed by atoms with Gasteiger partial charge in [0.25, 0.3) is 5.91 Å². The quantitative estimate of drug-likeness (QED) is 0.829. The number of amides is 1. The van der Waals surface area contributed by atoms with Crippen molar-refractivity contribution in [3.8, 4) is 5.75 Å². The fraction of sp³-hybridized carbons (Fsp3) is 0.533. The molecule has 9 heteroatoms. The molecular formula is C15H22ClN3O4S. The second-order valence-corrected chi connectivity index (χ2v) is 8.28. The molecule has 0 saturated carbocycles. The molecule has 2 rings (SSSR count). The van der Waals surface area contributed by atoms with Crippen molar-refractivity contribution in [1.82, 2.24) is 9.21 Å². The molecule has 1 aromatic rings. The van der Waals surface area contributed by atoms with Gasteiger partial charge in [0.15, 0.2) is 5.75 Å². The maximum Gasteiger partial charge on any atom is 0.257 e. The highest BCUT2D eigenvalue weighted by Crippen LogP contribution is 2.35. The summed E-state index contributed by atoms with van der Waals surface area (Å²) in [5.74, 6) is -0.241. The van der Waals surface area contributed by atoms with E-state index in [0.29, 0.717) is 26.1 Å². The predicted octanol–water partition coefficient (Wildman–Crippen LogP) is 1.02. The molecule has 0 aliphatic carbocycles. The van der Waals surface area contributed by atoms with Gasteiger partial charge in [0, 0.05) is 32.2 Å². The molecule has 1 atom stereocenters. The zero-order chi connectivity index (χ0) is 18.1. The van der Waals surface area contributed by atoms with Crippen LogP contribution in [-0.2, 0) is 10.0 Å². The van der Waals surface area contributed by atoms with Crippen LogP contribution in [-0.4, -0.2) is 64.4 Å². The molecule has 2 N–H and O–H groups in total. The van der Waals surface area contributed by atoms with Crippen molar-refractivity contribution in [1.29, 1.82) is 0 Å². The van der Waals surface area contributed by atoms with Crippen molar-refractivity contribution in [2.75, 3.05) is 40.8 Å². The number of halogens is 1. The number of hydrogen-bond donors (Lipinski definition) is 1. The molecule has 1 amide bonds. The summed E-state index contributed by atoms with van der Waals surface area (Å²) in [5, 5.41) is 0.161. The third kappa shape index (κ3) is 3.51. The lowest BCUT2D eigenvalue weighted by Gasteiger charge is -2.21. The van der Waals surface area contributed by atoms with E-state index < -0.39 is 10.0 Å². The molecule has 1 unspecified atom stereocenters. The lowest BCUT2D eigenvalue weighted by molar-refractivity contribution is 0.0823. The molecule has 24 heavy (non-hydrogen) atoms. The molecular weight excluding hydrogens is 354 g/mol. The summed E-state index contributed by atoms with van der Waals surface area (Å²) in [6.07, 6.45) is 0.710. The lowest BCUT2D eigenvalue weighted by atomic mass is 10.1. The van der Waals surface area contributed by atoms with Crippen LogP contribution in [0.5, 0.6) is 5.75 Å². The van der Waals surface area contributed by atoms with Gasteiger partial charge in [-0.25, -0.2) is 8.42 Å². The molecule has 1 aromatic carbocycles. The topological polar surface area (TPSA) is 92.9 Å². The van der Waals surface area contributed by atoms with E-state index >= 15 is 0 Å². The first-order chi connectivity index (χ1) is 11.2. The average molecular weight is 376 g/mol. The second-order valence-electron chi connectivity index (χ2n) is 5.94. The highest BCUT2D eigenvalue weighted by molar-refractivity contribution is 7.89. The molecule has 1 heterocycles. The number of benzene rings is 1. The van der Waals surface area contributed by atoms with Crippen LogP contribution in [0.15, 0.2) is 17.0 Å². The van der Waals surface area contributed by atoms with E-state index in [0.717, 1.165) is 0 Å². The van der Waals surface area contributed by atoms with E-state index in [9.17, 15) is 13.2 Å². The van der Waals surface area contributed by atoms with Crippen molar-refractivity contribution in [3.63, 3.8) is 0 Å². The van der Waals surface area contributed by atoms with Gasteiger partial charge in [-0.1, -0.05) is 11.6 Å². The Morgan fingerprint density at radius 3 is 2.62 bits per heavy atom. The summed E-state index contributed by atoms with van der Waals surface area (Å²) in [6, 6.07) is 2.73. The number of ether oxygens (including phenoxy) is 1. The minimum Gasteiger partial charge on any atom is -0.494 e. The van der Waals surface area contributed by atoms with Crippen LogP contribution in [0.25, 0.3) is 0 Å². The molecule has 1 fully saturated rings. The molecule has 0 spiro atoms. The largest absolute Gasteiger partial charge is 0.494 e. The molecule has 0 radical (unpaired) electrons. The van der Waals surface area contributed by atoms with E-state index in [1.807, 2.05) is 0 Å². The van der Waals surface area contributed by atoms with Crippen molar-refractivity contribution in [2.45, 2.75) is 11.3 Å². The number of sulfonamides is 1. The Hall–Kier alpha value is -1.35. The standard InChI is InChI=1S/C15H22ClN3O4S/c1-18(2)15(20)12-6-11(16)7-13(14(12)23-3)24(21,22)19-5-4-10(8-17)9-19/h6-7,10H,4-5,8-9,17H2,1-3H3. The number of hydrogen-bond acceptors (Lipinski definition) is 5. The molecule has 1 saturated heterocycles. The summed E-state index contributed by atoms with van der Waals surface area (Å²) in [5.41, 5.74) is 5.75. The van der Waals surface area contributed by atoms with Gasteiger partial charge < -0.3 is 15.4 Å². The number of nitrogens with two attached hydrogens (primary N) is 1. The van der Waals surface area contributed by atoms with Crippen molar-refractivity contribution in [2.24, 2.45) is 11.7 Å². The van der Waals surface area contributed by atoms with E-state index in [2.05, 4.69) is 0 Å². The first-order valence-corrected chi connectivity index (χ1v) is 9.33. The normalized spacial score (nSPS) is 18.6. The van der Waals surface area contributed by atoms with Crippen LogP contribution in [0.2, 0.25) is 5.02 Å². The predicted molar refractivity (Wildman–Crippen MR) is 91.9 cm³/mol. The van der Waals surface area contributed by atoms with Crippen LogP contribution >= 0.6 is 11.6 Å². The van der Waals surface area contributed by atoms with E-state index in [1.165, 1.54) is 28.4 Å². The minimum atomic E-state index is -3.83. The Balaban J connectivity index is 2.55. The first kappa shape index (κ1) is 19.0. The highest BCUT2D eigenvalue weighted by atomic mass is 35.5. The summed E-state index contributed by atoms with van der Waals surface area (Å²) in [6.45, 7) is 1.17. The Kier molecular flexibility index (Phi) is 5.74. The third-order valence-electron chi connectivity index (χ3n) is 4.06. The molecule has 7 nitrogen and oxygen atoms in total. The van der Waals surface area contributed by atoms with Crippen molar-refractivity contribution in [3.05, 3.63) is 22.7 Å². The van der Waals surface area contributed by atoms with E-state index in [1.54, 1.807) is 14.1 Å². The van der Waals surface area contributed by atoms with Gasteiger partial charge in [-0.2, -0.15) is 4.31 Å². The maximum absolute atomic E-state index is 13.0. The monoisotopic (exact) mass is 375 g/mol. The Bertz CT molecular complexity index is 736. The summed E-state index contributed by atoms with van der Waals surface area (Å²) in [4.78, 5) is 13.6. The number of carbonyl (C=O) groups excluding carboxylic acids is 1. The number of rotatable bonds is 5. The van der Waals surface area contributed by atoms with Gasteiger partial charge in [-0.15, -0.1) is 0 Å². The smallest absolute Gasteiger partial charge is 0.257 e. The molecule has 1 aliphatic heterocycles. The van der Waals surface area contributed by atoms with Gasteiger partial charge >= 0.3 is 0 Å². The Labute approximate surface area is 147 Å². The summed E-state index contributed by atoms with van der Waals surface area (Å²) in [7, 11) is 0.649. The van der Waals surface area contributed by atoms with Crippen molar-refractivity contribution >= 4 is 27.5 Å². The average Bonchev–Trinajstić information content (AvgIpc) is 3.03. The molecule has 1 aliphatic rings. The number of nitrogens with zero attached hydrogens (tertiary/aromatic N) is 2. The highest BCUT2D eigenvalue weighted by Gasteiger charge is 2.35. The van der Waals surface area contributed by atoms with Crippen LogP contribution in [0.4, 0.5) is 0 Å². The van der Waals surface area contributed by atoms with Gasteiger partial charge in [0.2, 0.25) is 10.0 Å². The van der Waals surface area contributed by atoms with Gasteiger partial charge in [0.1, 0.15) is 4.90 Å². The number of carbonyl (C=O) groups is 1. The fourth-order valence-corrected chi connectivity index (χ4v) is 4.73. The molecule has 134 valence electrons. The van der Waals surface area contributed by atoms with Gasteiger partial charge in [0.05, 0.1) is 12.7 Å². The maximum atomic E-state index is 13.0. The van der Waals surface area contributed by atoms with Gasteiger partial charge in [-0.3, -0.25) is 4.79 Å². The summed E-state index contributed by atoms with van der Waals surface area (Å²) < 4.78 is 32.6. The Morgan fingerprint density at radius 1 is 1.46 bits per heavy atom. The minimum absolute atomic E-state index is 0.00861. The third-order valence-corrected chi connectivity index (χ3v) is 6.15. The van der Waals surface area contributed by atoms with Crippen LogP contribution < -0.4 is 10.5 Å². The van der Waals surface area contributed by atoms with Crippen LogP contribution in [0.1, 0.15) is 16.8 Å². The zero-order valence-electron chi connectivity index (χ0n) is 14.0. The first-order valence-electron chi connectivity index (χ1n) is 7.51. The van der Waals surface area contributed by atoms with E-state index in [-0.39, 0.29) is 33.1 Å².